The van der Waals surface area contributed by atoms with Crippen molar-refractivity contribution in [3.05, 3.63) is 89.5 Å². The SMILES string of the molecule is CCC(C)(NC(=O)OCC1c2ccccc2-c2ccccc21)C(=O)Nc1ccc(CC(=O)O)cc1. The van der Waals surface area contributed by atoms with E-state index in [4.69, 9.17) is 9.84 Å². The van der Waals surface area contributed by atoms with E-state index in [-0.39, 0.29) is 24.9 Å². The Kier molecular flexibility index (Phi) is 6.87. The minimum atomic E-state index is -1.19. The normalized spacial score (nSPS) is 13.8. The van der Waals surface area contributed by atoms with Crippen LogP contribution in [0.15, 0.2) is 72.8 Å². The molecular weight excluding hydrogens is 444 g/mol. The van der Waals surface area contributed by atoms with Crippen LogP contribution in [-0.4, -0.2) is 35.2 Å². The minimum Gasteiger partial charge on any atom is -0.481 e. The van der Waals surface area contributed by atoms with Gasteiger partial charge in [0.2, 0.25) is 5.91 Å². The lowest BCUT2D eigenvalue weighted by Crippen LogP contribution is -2.54. The Morgan fingerprint density at radius 1 is 0.914 bits per heavy atom. The van der Waals surface area contributed by atoms with E-state index >= 15 is 0 Å². The quantitative estimate of drug-likeness (QED) is 0.430. The van der Waals surface area contributed by atoms with Gasteiger partial charge in [0.1, 0.15) is 12.1 Å². The maximum atomic E-state index is 13.0. The molecular formula is C28H28N2O5. The molecule has 0 radical (unpaired) electrons. The number of carboxylic acids is 1. The molecule has 1 atom stereocenters. The molecule has 0 saturated heterocycles. The molecule has 180 valence electrons. The van der Waals surface area contributed by atoms with E-state index in [0.717, 1.165) is 22.3 Å². The fourth-order valence-electron chi connectivity index (χ4n) is 4.32. The van der Waals surface area contributed by atoms with Crippen molar-refractivity contribution < 1.29 is 24.2 Å². The van der Waals surface area contributed by atoms with E-state index < -0.39 is 17.6 Å². The predicted octanol–water partition coefficient (Wildman–Crippen LogP) is 4.96. The zero-order chi connectivity index (χ0) is 25.0. The number of anilines is 1. The van der Waals surface area contributed by atoms with Crippen molar-refractivity contribution in [3.8, 4) is 11.1 Å². The molecule has 0 aliphatic heterocycles. The van der Waals surface area contributed by atoms with Crippen molar-refractivity contribution >= 4 is 23.7 Å². The summed E-state index contributed by atoms with van der Waals surface area (Å²) < 4.78 is 5.60. The monoisotopic (exact) mass is 472 g/mol. The molecule has 0 bridgehead atoms. The lowest BCUT2D eigenvalue weighted by Gasteiger charge is -2.28. The third-order valence-electron chi connectivity index (χ3n) is 6.50. The summed E-state index contributed by atoms with van der Waals surface area (Å²) in [5.74, 6) is -1.38. The highest BCUT2D eigenvalue weighted by molar-refractivity contribution is 5.99. The second-order valence-corrected chi connectivity index (χ2v) is 8.86. The van der Waals surface area contributed by atoms with Crippen LogP contribution in [0, 0.1) is 0 Å². The van der Waals surface area contributed by atoms with Gasteiger partial charge < -0.3 is 20.5 Å². The van der Waals surface area contributed by atoms with E-state index in [1.54, 1.807) is 38.1 Å². The van der Waals surface area contributed by atoms with E-state index in [0.29, 0.717) is 17.7 Å². The Hall–Kier alpha value is -4.13. The molecule has 0 saturated carbocycles. The van der Waals surface area contributed by atoms with Crippen LogP contribution in [-0.2, 0) is 20.7 Å². The molecule has 3 aromatic carbocycles. The molecule has 2 amide bonds. The van der Waals surface area contributed by atoms with Crippen LogP contribution in [0.25, 0.3) is 11.1 Å². The van der Waals surface area contributed by atoms with Gasteiger partial charge in [0.15, 0.2) is 0 Å². The third-order valence-corrected chi connectivity index (χ3v) is 6.50. The molecule has 0 spiro atoms. The molecule has 0 aromatic heterocycles. The van der Waals surface area contributed by atoms with Gasteiger partial charge in [0, 0.05) is 11.6 Å². The second kappa shape index (κ2) is 10.0. The van der Waals surface area contributed by atoms with Crippen LogP contribution >= 0.6 is 0 Å². The van der Waals surface area contributed by atoms with E-state index in [9.17, 15) is 14.4 Å². The summed E-state index contributed by atoms with van der Waals surface area (Å²) in [4.78, 5) is 36.6. The third kappa shape index (κ3) is 5.19. The average molecular weight is 473 g/mol. The van der Waals surface area contributed by atoms with Crippen molar-refractivity contribution in [2.45, 2.75) is 38.1 Å². The molecule has 7 heteroatoms. The van der Waals surface area contributed by atoms with Crippen LogP contribution in [0.5, 0.6) is 0 Å². The number of fused-ring (bicyclic) bond motifs is 3. The molecule has 1 unspecified atom stereocenters. The Balaban J connectivity index is 1.39. The molecule has 3 N–H and O–H groups in total. The van der Waals surface area contributed by atoms with Crippen LogP contribution in [0.3, 0.4) is 0 Å². The predicted molar refractivity (Wildman–Crippen MR) is 133 cm³/mol. The summed E-state index contributed by atoms with van der Waals surface area (Å²) >= 11 is 0. The first kappa shape index (κ1) is 24.0. The lowest BCUT2D eigenvalue weighted by molar-refractivity contribution is -0.136. The van der Waals surface area contributed by atoms with Crippen molar-refractivity contribution in [3.63, 3.8) is 0 Å². The first-order valence-corrected chi connectivity index (χ1v) is 11.6. The lowest BCUT2D eigenvalue weighted by atomic mass is 9.97. The number of rotatable bonds is 8. The highest BCUT2D eigenvalue weighted by Crippen LogP contribution is 2.44. The van der Waals surface area contributed by atoms with Gasteiger partial charge in [-0.25, -0.2) is 4.79 Å². The average Bonchev–Trinajstić information content (AvgIpc) is 3.17. The molecule has 7 nitrogen and oxygen atoms in total. The number of carbonyl (C=O) groups excluding carboxylic acids is 2. The minimum absolute atomic E-state index is 0.0702. The maximum Gasteiger partial charge on any atom is 0.408 e. The summed E-state index contributed by atoms with van der Waals surface area (Å²) in [5, 5.41) is 14.4. The number of alkyl carbamates (subject to hydrolysis) is 1. The number of carboxylic acid groups (broad SMARTS) is 1. The van der Waals surface area contributed by atoms with E-state index in [1.165, 1.54) is 0 Å². The molecule has 0 fully saturated rings. The smallest absolute Gasteiger partial charge is 0.408 e. The molecule has 35 heavy (non-hydrogen) atoms. The number of carbonyl (C=O) groups is 3. The molecule has 3 aromatic rings. The van der Waals surface area contributed by atoms with Gasteiger partial charge in [0.25, 0.3) is 0 Å². The van der Waals surface area contributed by atoms with E-state index in [1.807, 2.05) is 36.4 Å². The number of amides is 2. The summed E-state index contributed by atoms with van der Waals surface area (Å²) in [6.07, 6.45) is -0.409. The fourth-order valence-corrected chi connectivity index (χ4v) is 4.32. The van der Waals surface area contributed by atoms with Gasteiger partial charge in [-0.05, 0) is 53.3 Å². The van der Waals surface area contributed by atoms with E-state index in [2.05, 4.69) is 22.8 Å². The number of benzene rings is 3. The molecule has 1 aliphatic rings. The zero-order valence-corrected chi connectivity index (χ0v) is 19.7. The number of nitrogens with one attached hydrogen (secondary N) is 2. The van der Waals surface area contributed by atoms with Crippen molar-refractivity contribution in [2.24, 2.45) is 0 Å². The number of hydrogen-bond acceptors (Lipinski definition) is 4. The second-order valence-electron chi connectivity index (χ2n) is 8.86. The highest BCUT2D eigenvalue weighted by atomic mass is 16.5. The first-order valence-electron chi connectivity index (χ1n) is 11.6. The number of hydrogen-bond donors (Lipinski definition) is 3. The maximum absolute atomic E-state index is 13.0. The molecule has 1 aliphatic carbocycles. The van der Waals surface area contributed by atoms with Gasteiger partial charge in [-0.3, -0.25) is 9.59 Å². The summed E-state index contributed by atoms with van der Waals surface area (Å²) in [5.41, 5.74) is 4.47. The Labute approximate surface area is 204 Å². The Morgan fingerprint density at radius 3 is 2.03 bits per heavy atom. The fraction of sp³-hybridized carbons (Fsp3) is 0.250. The van der Waals surface area contributed by atoms with Crippen molar-refractivity contribution in [1.82, 2.24) is 5.32 Å². The largest absolute Gasteiger partial charge is 0.481 e. The van der Waals surface area contributed by atoms with Crippen LogP contribution < -0.4 is 10.6 Å². The van der Waals surface area contributed by atoms with Gasteiger partial charge in [-0.15, -0.1) is 0 Å². The van der Waals surface area contributed by atoms with Crippen LogP contribution in [0.1, 0.15) is 42.9 Å². The van der Waals surface area contributed by atoms with Gasteiger partial charge >= 0.3 is 12.1 Å². The molecule has 0 heterocycles. The van der Waals surface area contributed by atoms with Gasteiger partial charge in [-0.1, -0.05) is 67.6 Å². The molecule has 4 rings (SSSR count). The van der Waals surface area contributed by atoms with Gasteiger partial charge in [0.05, 0.1) is 6.42 Å². The van der Waals surface area contributed by atoms with Crippen LogP contribution in [0.2, 0.25) is 0 Å². The van der Waals surface area contributed by atoms with Crippen molar-refractivity contribution in [1.29, 1.82) is 0 Å². The number of ether oxygens (including phenoxy) is 1. The summed E-state index contributed by atoms with van der Waals surface area (Å²) in [6, 6.07) is 22.8. The Bertz CT molecular complexity index is 1210. The summed E-state index contributed by atoms with van der Waals surface area (Å²) in [7, 11) is 0. The highest BCUT2D eigenvalue weighted by Gasteiger charge is 2.35. The summed E-state index contributed by atoms with van der Waals surface area (Å²) in [6.45, 7) is 3.61. The standard InChI is InChI=1S/C28H28N2O5/c1-3-28(2,26(33)29-19-14-12-18(13-15-19)16-25(31)32)30-27(34)35-17-24-22-10-6-4-8-20(22)21-9-5-7-11-23(21)24/h4-15,24H,3,16-17H2,1-2H3,(H,29,33)(H,30,34)(H,31,32). The van der Waals surface area contributed by atoms with Crippen molar-refractivity contribution in [2.75, 3.05) is 11.9 Å². The Morgan fingerprint density at radius 2 is 1.49 bits per heavy atom. The number of aliphatic carboxylic acids is 1. The van der Waals surface area contributed by atoms with Crippen LogP contribution in [0.4, 0.5) is 10.5 Å². The first-order chi connectivity index (χ1) is 16.8. The topological polar surface area (TPSA) is 105 Å². The van der Waals surface area contributed by atoms with Gasteiger partial charge in [-0.2, -0.15) is 0 Å². The zero-order valence-electron chi connectivity index (χ0n) is 19.7.